The third kappa shape index (κ3) is 2.26. The highest BCUT2D eigenvalue weighted by Gasteiger charge is 2.36. The molecule has 1 atom stereocenters. The van der Waals surface area contributed by atoms with E-state index in [2.05, 4.69) is 11.4 Å². The van der Waals surface area contributed by atoms with E-state index in [4.69, 9.17) is 9.15 Å². The third-order valence-electron chi connectivity index (χ3n) is 6.15. The average Bonchev–Trinajstić information content (AvgIpc) is 3.46. The average molecular weight is 404 g/mol. The van der Waals surface area contributed by atoms with Crippen LogP contribution in [0.4, 0.5) is 4.39 Å². The van der Waals surface area contributed by atoms with Gasteiger partial charge in [0.2, 0.25) is 0 Å². The number of nitrogens with zero attached hydrogens (tertiary/aromatic N) is 1. The van der Waals surface area contributed by atoms with E-state index < -0.39 is 17.6 Å². The molecular formula is C23H17FN2O4. The first-order valence-electron chi connectivity index (χ1n) is 9.80. The molecule has 3 aromatic rings. The normalized spacial score (nSPS) is 20.6. The number of ether oxygens (including phenoxy) is 1. The Morgan fingerprint density at radius 1 is 1.17 bits per heavy atom. The molecule has 6 nitrogen and oxygen atoms in total. The first-order chi connectivity index (χ1) is 14.5. The molecule has 30 heavy (non-hydrogen) atoms. The molecule has 2 aliphatic heterocycles. The second-order valence-electron chi connectivity index (χ2n) is 7.81. The number of carbonyl (C=O) groups excluding carboxylic acids is 2. The Balaban J connectivity index is 1.68. The van der Waals surface area contributed by atoms with Gasteiger partial charge in [0.25, 0.3) is 11.8 Å². The largest absolute Gasteiger partial charge is 0.464 e. The van der Waals surface area contributed by atoms with E-state index in [1.807, 2.05) is 17.8 Å². The number of aryl methyl sites for hydroxylation is 1. The van der Waals surface area contributed by atoms with Crippen molar-refractivity contribution in [1.82, 2.24) is 9.88 Å². The summed E-state index contributed by atoms with van der Waals surface area (Å²) in [6, 6.07) is 4.13. The lowest BCUT2D eigenvalue weighted by Crippen LogP contribution is -2.37. The van der Waals surface area contributed by atoms with Gasteiger partial charge in [0, 0.05) is 40.3 Å². The van der Waals surface area contributed by atoms with Crippen molar-refractivity contribution in [3.05, 3.63) is 58.2 Å². The Hall–Kier alpha value is -3.45. The van der Waals surface area contributed by atoms with Crippen LogP contribution in [0.3, 0.4) is 0 Å². The van der Waals surface area contributed by atoms with Gasteiger partial charge >= 0.3 is 0 Å². The lowest BCUT2D eigenvalue weighted by molar-refractivity contribution is -0.122. The van der Waals surface area contributed by atoms with Gasteiger partial charge in [-0.05, 0) is 36.6 Å². The first-order valence-corrected chi connectivity index (χ1v) is 9.80. The number of fused-ring (bicyclic) bond motifs is 3. The van der Waals surface area contributed by atoms with Gasteiger partial charge in [-0.15, -0.1) is 0 Å². The Bertz CT molecular complexity index is 1440. The number of halogens is 1. The van der Waals surface area contributed by atoms with Crippen molar-refractivity contribution in [2.45, 2.75) is 18.9 Å². The summed E-state index contributed by atoms with van der Waals surface area (Å²) in [6.45, 7) is 0.688. The molecular weight excluding hydrogens is 387 g/mol. The smallest absolute Gasteiger partial charge is 0.259 e. The molecule has 6 rings (SSSR count). The van der Waals surface area contributed by atoms with Gasteiger partial charge in [-0.1, -0.05) is 6.08 Å². The molecule has 0 spiro atoms. The van der Waals surface area contributed by atoms with Gasteiger partial charge in [0.1, 0.15) is 11.4 Å². The maximum absolute atomic E-state index is 13.9. The van der Waals surface area contributed by atoms with E-state index in [0.29, 0.717) is 28.7 Å². The predicted molar refractivity (Wildman–Crippen MR) is 108 cm³/mol. The minimum absolute atomic E-state index is 0.0761. The van der Waals surface area contributed by atoms with Crippen LogP contribution < -0.4 is 15.9 Å². The fourth-order valence-electron chi connectivity index (χ4n) is 4.89. The number of hydrogen-bond donors (Lipinski definition) is 1. The monoisotopic (exact) mass is 404 g/mol. The summed E-state index contributed by atoms with van der Waals surface area (Å²) in [5, 5.41) is 4.84. The zero-order valence-electron chi connectivity index (χ0n) is 16.1. The van der Waals surface area contributed by atoms with Crippen molar-refractivity contribution in [1.29, 1.82) is 0 Å². The molecule has 2 amide bonds. The number of nitrogens with one attached hydrogen (secondary N) is 1. The number of aromatic nitrogens is 1. The van der Waals surface area contributed by atoms with Crippen molar-refractivity contribution >= 4 is 45.6 Å². The Kier molecular flexibility index (Phi) is 3.50. The summed E-state index contributed by atoms with van der Waals surface area (Å²) in [5.74, 6) is -1.41. The van der Waals surface area contributed by atoms with Gasteiger partial charge in [-0.2, -0.15) is 0 Å². The van der Waals surface area contributed by atoms with E-state index in [9.17, 15) is 14.0 Å². The van der Waals surface area contributed by atoms with E-state index >= 15 is 0 Å². The quantitative estimate of drug-likeness (QED) is 0.659. The summed E-state index contributed by atoms with van der Waals surface area (Å²) in [7, 11) is 1.93. The van der Waals surface area contributed by atoms with E-state index in [0.717, 1.165) is 23.4 Å². The Morgan fingerprint density at radius 2 is 1.97 bits per heavy atom. The van der Waals surface area contributed by atoms with Crippen molar-refractivity contribution in [2.24, 2.45) is 7.05 Å². The number of rotatable bonds is 2. The number of furan rings is 1. The van der Waals surface area contributed by atoms with E-state index in [-0.39, 0.29) is 17.3 Å². The maximum Gasteiger partial charge on any atom is 0.259 e. The molecule has 7 heteroatoms. The van der Waals surface area contributed by atoms with Gasteiger partial charge in [0.05, 0.1) is 30.1 Å². The van der Waals surface area contributed by atoms with Crippen LogP contribution in [0.2, 0.25) is 0 Å². The van der Waals surface area contributed by atoms with Gasteiger partial charge in [-0.25, -0.2) is 4.39 Å². The predicted octanol–water partition coefficient (Wildman–Crippen LogP) is 1.60. The number of carbonyl (C=O) groups is 2. The van der Waals surface area contributed by atoms with Crippen molar-refractivity contribution in [3.8, 4) is 0 Å². The number of benzene rings is 1. The van der Waals surface area contributed by atoms with E-state index in [1.165, 1.54) is 30.0 Å². The lowest BCUT2D eigenvalue weighted by Gasteiger charge is -2.13. The Morgan fingerprint density at radius 3 is 2.80 bits per heavy atom. The van der Waals surface area contributed by atoms with Crippen LogP contribution in [0.15, 0.2) is 35.1 Å². The molecule has 150 valence electrons. The summed E-state index contributed by atoms with van der Waals surface area (Å²) in [6.07, 6.45) is 7.02. The van der Waals surface area contributed by atoms with Crippen LogP contribution in [-0.2, 0) is 21.4 Å². The van der Waals surface area contributed by atoms with Crippen molar-refractivity contribution in [2.75, 3.05) is 6.61 Å². The molecule has 1 aromatic carbocycles. The van der Waals surface area contributed by atoms with Gasteiger partial charge < -0.3 is 13.7 Å². The molecule has 1 saturated heterocycles. The fraction of sp³-hybridized carbons (Fsp3) is 0.217. The van der Waals surface area contributed by atoms with Gasteiger partial charge in [0.15, 0.2) is 0 Å². The molecule has 1 aliphatic carbocycles. The second-order valence-corrected chi connectivity index (χ2v) is 7.81. The van der Waals surface area contributed by atoms with Crippen LogP contribution in [0, 0.1) is 5.82 Å². The molecule has 4 heterocycles. The molecule has 1 fully saturated rings. The van der Waals surface area contributed by atoms with Crippen LogP contribution >= 0.6 is 0 Å². The summed E-state index contributed by atoms with van der Waals surface area (Å²) >= 11 is 0. The molecule has 2 aromatic heterocycles. The number of amides is 2. The molecule has 0 radical (unpaired) electrons. The van der Waals surface area contributed by atoms with Gasteiger partial charge in [-0.3, -0.25) is 14.9 Å². The first kappa shape index (κ1) is 17.4. The standard InChI is InChI=1S/C23H17FN2O4/c1-26-9-15(12-3-5-17-13(21(12)26)6-7-29-17)19-20(23(28)25-22(19)27)16-10-30-18-4-2-11(24)8-14(16)18/h2-4,8-10,17H,5-7H2,1H3,(H,25,27,28). The van der Waals surface area contributed by atoms with E-state index in [1.54, 1.807) is 0 Å². The topological polar surface area (TPSA) is 73.5 Å². The SMILES string of the molecule is Cn1cc(C2=C(c3coc4ccc(F)cc34)C(=O)NC2=O)c2c1=C1CCOC1CC=2. The number of hydrogen-bond acceptors (Lipinski definition) is 4. The zero-order chi connectivity index (χ0) is 20.6. The van der Waals surface area contributed by atoms with Crippen LogP contribution in [0.5, 0.6) is 0 Å². The number of imide groups is 1. The lowest BCUT2D eigenvalue weighted by atomic mass is 9.93. The third-order valence-corrected chi connectivity index (χ3v) is 6.15. The molecule has 1 N–H and O–H groups in total. The van der Waals surface area contributed by atoms with Crippen LogP contribution in [-0.4, -0.2) is 29.1 Å². The van der Waals surface area contributed by atoms with Crippen LogP contribution in [0.25, 0.3) is 33.8 Å². The highest BCUT2D eigenvalue weighted by molar-refractivity contribution is 6.50. The summed E-state index contributed by atoms with van der Waals surface area (Å²) < 4.78 is 27.2. The minimum atomic E-state index is -0.509. The molecule has 0 saturated carbocycles. The maximum atomic E-state index is 13.9. The zero-order valence-corrected chi connectivity index (χ0v) is 16.1. The second kappa shape index (κ2) is 6.03. The van der Waals surface area contributed by atoms with Crippen LogP contribution in [0.1, 0.15) is 24.0 Å². The summed E-state index contributed by atoms with van der Waals surface area (Å²) in [5.41, 5.74) is 3.27. The Labute approximate surface area is 169 Å². The molecule has 1 unspecified atom stereocenters. The molecule has 3 aliphatic rings. The fourth-order valence-corrected chi connectivity index (χ4v) is 4.89. The highest BCUT2D eigenvalue weighted by atomic mass is 19.1. The van der Waals surface area contributed by atoms with Crippen molar-refractivity contribution < 1.29 is 23.1 Å². The highest BCUT2D eigenvalue weighted by Crippen LogP contribution is 2.35. The van der Waals surface area contributed by atoms with Crippen molar-refractivity contribution in [3.63, 3.8) is 0 Å². The summed E-state index contributed by atoms with van der Waals surface area (Å²) in [4.78, 5) is 25.7. The molecule has 0 bridgehead atoms. The minimum Gasteiger partial charge on any atom is -0.464 e.